The molecule has 0 atom stereocenters. The molecule has 1 aliphatic heterocycles. The number of nitrogens with zero attached hydrogens (tertiary/aromatic N) is 5. The minimum atomic E-state index is 0.782. The highest BCUT2D eigenvalue weighted by Crippen LogP contribution is 2.21. The topological polar surface area (TPSA) is 54.8 Å². The second-order valence-electron chi connectivity index (χ2n) is 5.68. The van der Waals surface area contributed by atoms with Crippen molar-refractivity contribution in [3.05, 3.63) is 72.1 Å². The minimum Gasteiger partial charge on any atom is -0.293 e. The van der Waals surface area contributed by atoms with E-state index < -0.39 is 0 Å². The summed E-state index contributed by atoms with van der Waals surface area (Å²) in [6, 6.07) is 9.93. The highest BCUT2D eigenvalue weighted by molar-refractivity contribution is 5.54. The summed E-state index contributed by atoms with van der Waals surface area (Å²) >= 11 is 0. The molecule has 4 heterocycles. The monoisotopic (exact) mass is 303 g/mol. The fourth-order valence-corrected chi connectivity index (χ4v) is 2.87. The van der Waals surface area contributed by atoms with E-state index in [1.54, 1.807) is 12.4 Å². The second-order valence-corrected chi connectivity index (χ2v) is 5.68. The molecule has 0 saturated heterocycles. The van der Waals surface area contributed by atoms with Crippen molar-refractivity contribution in [1.82, 2.24) is 24.8 Å². The van der Waals surface area contributed by atoms with Gasteiger partial charge in [-0.3, -0.25) is 14.9 Å². The molecule has 0 aromatic carbocycles. The lowest BCUT2D eigenvalue weighted by molar-refractivity contribution is 0.240. The highest BCUT2D eigenvalue weighted by Gasteiger charge is 2.19. The van der Waals surface area contributed by atoms with Crippen LogP contribution in [0.5, 0.6) is 0 Å². The molecule has 0 aliphatic carbocycles. The van der Waals surface area contributed by atoms with Gasteiger partial charge in [-0.1, -0.05) is 6.07 Å². The molecule has 0 spiro atoms. The van der Waals surface area contributed by atoms with Crippen molar-refractivity contribution in [1.29, 1.82) is 0 Å². The summed E-state index contributed by atoms with van der Waals surface area (Å²) in [4.78, 5) is 20.1. The van der Waals surface area contributed by atoms with Gasteiger partial charge < -0.3 is 0 Å². The molecule has 1 aliphatic rings. The lowest BCUT2D eigenvalue weighted by Crippen LogP contribution is -2.31. The third-order valence-electron chi connectivity index (χ3n) is 4.06. The fraction of sp³-hybridized carbons (Fsp3) is 0.222. The Bertz CT molecular complexity index is 789. The van der Waals surface area contributed by atoms with Crippen molar-refractivity contribution in [2.24, 2.45) is 0 Å². The highest BCUT2D eigenvalue weighted by atomic mass is 15.1. The van der Waals surface area contributed by atoms with Crippen LogP contribution >= 0.6 is 0 Å². The van der Waals surface area contributed by atoms with Gasteiger partial charge in [-0.05, 0) is 24.3 Å². The molecule has 5 heteroatoms. The minimum absolute atomic E-state index is 0.782. The first-order chi connectivity index (χ1) is 11.4. The SMILES string of the molecule is c1ccc(CN2CCc3nc(-c4ccncc4)ncc3C2)nc1. The first-order valence-corrected chi connectivity index (χ1v) is 7.76. The molecule has 0 amide bonds. The summed E-state index contributed by atoms with van der Waals surface area (Å²) < 4.78 is 0. The van der Waals surface area contributed by atoms with Crippen molar-refractivity contribution in [3.8, 4) is 11.4 Å². The first-order valence-electron chi connectivity index (χ1n) is 7.76. The van der Waals surface area contributed by atoms with Crippen molar-refractivity contribution in [2.45, 2.75) is 19.5 Å². The Morgan fingerprint density at radius 3 is 2.74 bits per heavy atom. The predicted molar refractivity (Wildman–Crippen MR) is 87.3 cm³/mol. The number of fused-ring (bicyclic) bond motifs is 1. The van der Waals surface area contributed by atoms with Gasteiger partial charge in [-0.15, -0.1) is 0 Å². The molecule has 0 saturated carbocycles. The zero-order valence-electron chi connectivity index (χ0n) is 12.8. The smallest absolute Gasteiger partial charge is 0.159 e. The van der Waals surface area contributed by atoms with Gasteiger partial charge in [0.2, 0.25) is 0 Å². The van der Waals surface area contributed by atoms with Gasteiger partial charge >= 0.3 is 0 Å². The van der Waals surface area contributed by atoms with Crippen LogP contribution in [-0.4, -0.2) is 31.4 Å². The van der Waals surface area contributed by atoms with E-state index in [0.29, 0.717) is 0 Å². The van der Waals surface area contributed by atoms with E-state index in [9.17, 15) is 0 Å². The van der Waals surface area contributed by atoms with Crippen LogP contribution in [0.4, 0.5) is 0 Å². The van der Waals surface area contributed by atoms with Gasteiger partial charge in [0.25, 0.3) is 0 Å². The maximum atomic E-state index is 4.74. The molecule has 0 radical (unpaired) electrons. The largest absolute Gasteiger partial charge is 0.293 e. The number of rotatable bonds is 3. The molecular formula is C18H17N5. The summed E-state index contributed by atoms with van der Waals surface area (Å²) in [5, 5.41) is 0. The standard InChI is InChI=1S/C18H17N5/c1-2-7-20-16(3-1)13-23-10-6-17-15(12-23)11-21-18(22-17)14-4-8-19-9-5-14/h1-5,7-9,11H,6,10,12-13H2. The van der Waals surface area contributed by atoms with Gasteiger partial charge in [0.15, 0.2) is 5.82 Å². The van der Waals surface area contributed by atoms with E-state index >= 15 is 0 Å². The lowest BCUT2D eigenvalue weighted by Gasteiger charge is -2.27. The molecule has 5 nitrogen and oxygen atoms in total. The second kappa shape index (κ2) is 6.22. The predicted octanol–water partition coefficient (Wildman–Crippen LogP) is 2.49. The zero-order chi connectivity index (χ0) is 15.5. The zero-order valence-corrected chi connectivity index (χ0v) is 12.8. The van der Waals surface area contributed by atoms with Crippen molar-refractivity contribution < 1.29 is 0 Å². The summed E-state index contributed by atoms with van der Waals surface area (Å²) in [5.41, 5.74) is 4.48. The summed E-state index contributed by atoms with van der Waals surface area (Å²) in [6.07, 6.45) is 8.29. The molecule has 0 fully saturated rings. The molecule has 0 N–H and O–H groups in total. The number of pyridine rings is 2. The Morgan fingerprint density at radius 1 is 1.00 bits per heavy atom. The van der Waals surface area contributed by atoms with Gasteiger partial charge in [0.05, 0.1) is 11.4 Å². The van der Waals surface area contributed by atoms with Gasteiger partial charge in [0, 0.05) is 62.0 Å². The van der Waals surface area contributed by atoms with Gasteiger partial charge in [0.1, 0.15) is 0 Å². The molecule has 0 bridgehead atoms. The maximum absolute atomic E-state index is 4.74. The van der Waals surface area contributed by atoms with Crippen LogP contribution in [0.3, 0.4) is 0 Å². The molecular weight excluding hydrogens is 286 g/mol. The van der Waals surface area contributed by atoms with Crippen LogP contribution in [-0.2, 0) is 19.5 Å². The fourth-order valence-electron chi connectivity index (χ4n) is 2.87. The Morgan fingerprint density at radius 2 is 1.91 bits per heavy atom. The molecule has 23 heavy (non-hydrogen) atoms. The van der Waals surface area contributed by atoms with Crippen LogP contribution in [0.1, 0.15) is 17.0 Å². The maximum Gasteiger partial charge on any atom is 0.159 e. The Kier molecular flexibility index (Phi) is 3.78. The van der Waals surface area contributed by atoms with Crippen LogP contribution in [0.2, 0.25) is 0 Å². The summed E-state index contributed by atoms with van der Waals surface area (Å²) in [5.74, 6) is 0.782. The lowest BCUT2D eigenvalue weighted by atomic mass is 10.1. The molecule has 3 aromatic heterocycles. The van der Waals surface area contributed by atoms with Crippen LogP contribution in [0.15, 0.2) is 55.1 Å². The van der Waals surface area contributed by atoms with E-state index in [0.717, 1.165) is 48.8 Å². The third kappa shape index (κ3) is 3.10. The third-order valence-corrected chi connectivity index (χ3v) is 4.06. The molecule has 0 unspecified atom stereocenters. The van der Waals surface area contributed by atoms with Gasteiger partial charge in [-0.2, -0.15) is 0 Å². The van der Waals surface area contributed by atoms with Crippen molar-refractivity contribution >= 4 is 0 Å². The van der Waals surface area contributed by atoms with E-state index in [-0.39, 0.29) is 0 Å². The number of aromatic nitrogens is 4. The summed E-state index contributed by atoms with van der Waals surface area (Å²) in [6.45, 7) is 2.74. The molecule has 4 rings (SSSR count). The molecule has 114 valence electrons. The van der Waals surface area contributed by atoms with E-state index in [4.69, 9.17) is 4.98 Å². The Hall–Kier alpha value is -2.66. The quantitative estimate of drug-likeness (QED) is 0.744. The van der Waals surface area contributed by atoms with Crippen LogP contribution in [0, 0.1) is 0 Å². The Labute approximate surface area is 135 Å². The number of hydrogen-bond donors (Lipinski definition) is 0. The van der Waals surface area contributed by atoms with E-state index in [1.165, 1.54) is 5.56 Å². The van der Waals surface area contributed by atoms with Crippen LogP contribution in [0.25, 0.3) is 11.4 Å². The first kappa shape index (κ1) is 14.0. The van der Waals surface area contributed by atoms with Gasteiger partial charge in [-0.25, -0.2) is 9.97 Å². The van der Waals surface area contributed by atoms with E-state index in [1.807, 2.05) is 36.7 Å². The molecule has 3 aromatic rings. The van der Waals surface area contributed by atoms with Crippen molar-refractivity contribution in [2.75, 3.05) is 6.54 Å². The summed E-state index contributed by atoms with van der Waals surface area (Å²) in [7, 11) is 0. The average Bonchev–Trinajstić information content (AvgIpc) is 2.63. The van der Waals surface area contributed by atoms with Crippen LogP contribution < -0.4 is 0 Å². The van der Waals surface area contributed by atoms with Crippen molar-refractivity contribution in [3.63, 3.8) is 0 Å². The number of hydrogen-bond acceptors (Lipinski definition) is 5. The normalized spacial score (nSPS) is 14.4. The Balaban J connectivity index is 1.52. The average molecular weight is 303 g/mol. The van der Waals surface area contributed by atoms with E-state index in [2.05, 4.69) is 25.9 Å².